The van der Waals surface area contributed by atoms with Crippen molar-refractivity contribution in [2.24, 2.45) is 0 Å². The molecular weight excluding hydrogens is 396 g/mol. The van der Waals surface area contributed by atoms with Gasteiger partial charge < -0.3 is 4.43 Å². The molecule has 0 aliphatic carbocycles. The van der Waals surface area contributed by atoms with E-state index in [9.17, 15) is 21.6 Å². The lowest BCUT2D eigenvalue weighted by molar-refractivity contribution is -0.201. The summed E-state index contributed by atoms with van der Waals surface area (Å²) >= 11 is 9.53. The number of hydrogen-bond donors (Lipinski definition) is 0. The van der Waals surface area contributed by atoms with Gasteiger partial charge in [-0.15, -0.1) is 23.2 Å². The molecule has 0 bridgehead atoms. The van der Waals surface area contributed by atoms with Crippen molar-refractivity contribution >= 4 is 41.6 Å². The van der Waals surface area contributed by atoms with Crippen LogP contribution in [-0.2, 0) is 18.7 Å². The maximum absolute atomic E-state index is 13.0. The highest BCUT2D eigenvalue weighted by Gasteiger charge is 2.47. The van der Waals surface area contributed by atoms with Crippen LogP contribution in [0.2, 0.25) is 18.1 Å². The molecule has 0 fully saturated rings. The molecule has 11 heteroatoms. The van der Waals surface area contributed by atoms with Gasteiger partial charge in [0.25, 0.3) is 10.1 Å². The van der Waals surface area contributed by atoms with E-state index in [1.165, 1.54) is 0 Å². The maximum atomic E-state index is 13.0. The molecule has 4 nitrogen and oxygen atoms in total. The van der Waals surface area contributed by atoms with E-state index in [0.29, 0.717) is 0 Å². The van der Waals surface area contributed by atoms with Crippen molar-refractivity contribution in [1.82, 2.24) is 0 Å². The Morgan fingerprint density at radius 1 is 1.13 bits per heavy atom. The van der Waals surface area contributed by atoms with Crippen molar-refractivity contribution in [1.29, 1.82) is 0 Å². The number of rotatable bonds is 6. The third-order valence-corrected chi connectivity index (χ3v) is 8.37. The molecule has 142 valence electrons. The Balaban J connectivity index is 0. The lowest BCUT2D eigenvalue weighted by Crippen LogP contribution is -2.48. The van der Waals surface area contributed by atoms with Gasteiger partial charge in [0.1, 0.15) is 6.10 Å². The molecule has 0 spiro atoms. The first-order valence-electron chi connectivity index (χ1n) is 6.69. The molecule has 0 saturated carbocycles. The van der Waals surface area contributed by atoms with Gasteiger partial charge in [-0.2, -0.15) is 21.6 Å². The van der Waals surface area contributed by atoms with Crippen LogP contribution in [0.15, 0.2) is 0 Å². The number of hydrogen-bond acceptors (Lipinski definition) is 4. The van der Waals surface area contributed by atoms with Crippen LogP contribution < -0.4 is 0 Å². The van der Waals surface area contributed by atoms with Gasteiger partial charge >= 0.3 is 6.18 Å². The molecule has 0 N–H and O–H groups in total. The Morgan fingerprint density at radius 3 is 1.78 bits per heavy atom. The third-order valence-electron chi connectivity index (χ3n) is 3.29. The number of alkyl halides is 5. The van der Waals surface area contributed by atoms with Crippen molar-refractivity contribution < 1.29 is 30.2 Å². The van der Waals surface area contributed by atoms with Crippen molar-refractivity contribution in [2.75, 3.05) is 18.2 Å². The molecule has 0 saturated heterocycles. The highest BCUT2D eigenvalue weighted by atomic mass is 35.5. The van der Waals surface area contributed by atoms with Crippen molar-refractivity contribution in [3.05, 3.63) is 0 Å². The molecule has 0 amide bonds. The van der Waals surface area contributed by atoms with Gasteiger partial charge in [0, 0.05) is 6.42 Å². The minimum atomic E-state index is -4.55. The van der Waals surface area contributed by atoms with Crippen LogP contribution >= 0.6 is 23.2 Å². The van der Waals surface area contributed by atoms with Crippen LogP contribution in [0.1, 0.15) is 27.2 Å². The van der Waals surface area contributed by atoms with E-state index in [-0.39, 0.29) is 10.4 Å². The monoisotopic (exact) mass is 420 g/mol. The second-order valence-corrected chi connectivity index (χ2v) is 13.5. The SMILES string of the molecule is CC(C)(C)[Si](C)(C)OC(CCOS(C)(=O)=O)C(F)(F)F.ClCCl. The largest absolute Gasteiger partial charge is 0.413 e. The summed E-state index contributed by atoms with van der Waals surface area (Å²) in [6.45, 7) is 8.38. The van der Waals surface area contributed by atoms with E-state index in [1.54, 1.807) is 13.1 Å². The summed E-state index contributed by atoms with van der Waals surface area (Å²) in [4.78, 5) is 0. The van der Waals surface area contributed by atoms with E-state index >= 15 is 0 Å². The molecule has 1 unspecified atom stereocenters. The Kier molecular flexibility index (Phi) is 11.0. The fourth-order valence-electron chi connectivity index (χ4n) is 1.13. The first-order chi connectivity index (χ1) is 9.98. The first kappa shape index (κ1) is 25.7. The summed E-state index contributed by atoms with van der Waals surface area (Å²) in [5, 5.41) is -0.172. The molecule has 0 rings (SSSR count). The van der Waals surface area contributed by atoms with Crippen molar-refractivity contribution in [2.45, 2.75) is 57.6 Å². The third kappa shape index (κ3) is 12.5. The van der Waals surface area contributed by atoms with Crippen LogP contribution in [0.25, 0.3) is 0 Å². The van der Waals surface area contributed by atoms with Gasteiger partial charge in [0.2, 0.25) is 0 Å². The van der Waals surface area contributed by atoms with Crippen LogP contribution in [0.4, 0.5) is 13.2 Å². The molecule has 0 aliphatic heterocycles. The molecule has 0 aromatic carbocycles. The molecule has 1 atom stereocenters. The molecule has 0 radical (unpaired) electrons. The van der Waals surface area contributed by atoms with Gasteiger partial charge in [0.05, 0.1) is 18.2 Å². The van der Waals surface area contributed by atoms with Gasteiger partial charge in [-0.1, -0.05) is 20.8 Å². The standard InChI is InChI=1S/C11H23F3O4SSi.CH2Cl2/c1-10(2,3)20(5,6)18-9(11(12,13)14)7-8-17-19(4,15)16;2-1-3/h9H,7-8H2,1-6H3;1H2. The highest BCUT2D eigenvalue weighted by Crippen LogP contribution is 2.40. The zero-order chi connectivity index (χ0) is 19.1. The molecule has 23 heavy (non-hydrogen) atoms. The summed E-state index contributed by atoms with van der Waals surface area (Å²) in [5.74, 6) is 0. The van der Waals surface area contributed by atoms with E-state index in [1.807, 2.05) is 20.8 Å². The van der Waals surface area contributed by atoms with E-state index in [2.05, 4.69) is 4.18 Å². The van der Waals surface area contributed by atoms with Crippen molar-refractivity contribution in [3.8, 4) is 0 Å². The first-order valence-corrected chi connectivity index (χ1v) is 12.5. The summed E-state index contributed by atoms with van der Waals surface area (Å²) < 4.78 is 70.1. The van der Waals surface area contributed by atoms with Crippen LogP contribution in [0.5, 0.6) is 0 Å². The Morgan fingerprint density at radius 2 is 1.52 bits per heavy atom. The lowest BCUT2D eigenvalue weighted by Gasteiger charge is -2.39. The van der Waals surface area contributed by atoms with Crippen LogP contribution in [0, 0.1) is 0 Å². The van der Waals surface area contributed by atoms with E-state index in [0.717, 1.165) is 6.26 Å². The van der Waals surface area contributed by atoms with Gasteiger partial charge in [-0.25, -0.2) is 0 Å². The fourth-order valence-corrected chi connectivity index (χ4v) is 2.84. The van der Waals surface area contributed by atoms with Gasteiger partial charge in [-0.3, -0.25) is 4.18 Å². The zero-order valence-corrected chi connectivity index (χ0v) is 17.5. The van der Waals surface area contributed by atoms with Crippen LogP contribution in [0.3, 0.4) is 0 Å². The maximum Gasteiger partial charge on any atom is 0.413 e. The highest BCUT2D eigenvalue weighted by molar-refractivity contribution is 7.85. The lowest BCUT2D eigenvalue weighted by atomic mass is 10.2. The average Bonchev–Trinajstić information content (AvgIpc) is 2.23. The topological polar surface area (TPSA) is 52.6 Å². The Hall–Kier alpha value is 0.457. The number of halogens is 5. The molecule has 0 heterocycles. The predicted molar refractivity (Wildman–Crippen MR) is 90.1 cm³/mol. The predicted octanol–water partition coefficient (Wildman–Crippen LogP) is 4.73. The second-order valence-electron chi connectivity index (χ2n) is 6.32. The summed E-state index contributed by atoms with van der Waals surface area (Å²) in [6, 6.07) is 0. The Bertz CT molecular complexity index is 437. The minimum Gasteiger partial charge on any atom is -0.405 e. The Labute approximate surface area is 147 Å². The quantitative estimate of drug-likeness (QED) is 0.354. The molecule has 0 aromatic rings. The summed E-state index contributed by atoms with van der Waals surface area (Å²) in [6.07, 6.45) is -6.30. The fraction of sp³-hybridized carbons (Fsp3) is 1.00. The van der Waals surface area contributed by atoms with E-state index < -0.39 is 43.7 Å². The smallest absolute Gasteiger partial charge is 0.405 e. The van der Waals surface area contributed by atoms with Gasteiger partial charge in [-0.05, 0) is 18.1 Å². The summed E-state index contributed by atoms with van der Waals surface area (Å²) in [5.41, 5.74) is 0. The van der Waals surface area contributed by atoms with Gasteiger partial charge in [0.15, 0.2) is 8.32 Å². The van der Waals surface area contributed by atoms with Crippen LogP contribution in [-0.4, -0.2) is 47.2 Å². The molecule has 0 aliphatic rings. The molecule has 0 aromatic heterocycles. The summed E-state index contributed by atoms with van der Waals surface area (Å²) in [7, 11) is -6.35. The normalized spacial score (nSPS) is 14.9. The minimum absolute atomic E-state index is 0.194. The second kappa shape index (κ2) is 9.81. The van der Waals surface area contributed by atoms with E-state index in [4.69, 9.17) is 27.6 Å². The molecular formula is C12H25Cl2F3O4SSi. The van der Waals surface area contributed by atoms with Crippen molar-refractivity contribution in [3.63, 3.8) is 0 Å². The average molecular weight is 421 g/mol. The zero-order valence-electron chi connectivity index (χ0n) is 14.1.